The molecular weight excluding hydrogens is 264 g/mol. The van der Waals surface area contributed by atoms with E-state index in [4.69, 9.17) is 0 Å². The van der Waals surface area contributed by atoms with Crippen molar-refractivity contribution in [1.29, 1.82) is 0 Å². The lowest BCUT2D eigenvalue weighted by atomic mass is 10.2. The summed E-state index contributed by atoms with van der Waals surface area (Å²) in [5.74, 6) is 2.20. The zero-order valence-electron chi connectivity index (χ0n) is 13.7. The largest absolute Gasteiger partial charge is 0.352 e. The standard InChI is InChI=1S/C15H26N6/c1-6-7-16-10-13-12(2)18-21(5)15(13)20(4)11-14-17-8-9-19(14)3/h8-9,16H,6-7,10-11H2,1-5H3. The fourth-order valence-electron chi connectivity index (χ4n) is 2.60. The smallest absolute Gasteiger partial charge is 0.131 e. The molecule has 2 aromatic heterocycles. The van der Waals surface area contributed by atoms with Crippen molar-refractivity contribution in [1.82, 2.24) is 24.6 Å². The molecule has 2 aromatic rings. The molecule has 0 saturated heterocycles. The molecule has 116 valence electrons. The Morgan fingerprint density at radius 3 is 2.71 bits per heavy atom. The maximum absolute atomic E-state index is 4.57. The van der Waals surface area contributed by atoms with Gasteiger partial charge < -0.3 is 14.8 Å². The molecule has 0 aliphatic rings. The maximum Gasteiger partial charge on any atom is 0.131 e. The number of hydrogen-bond acceptors (Lipinski definition) is 4. The lowest BCUT2D eigenvalue weighted by Crippen LogP contribution is -2.24. The third-order valence-electron chi connectivity index (χ3n) is 3.70. The molecular formula is C15H26N6. The summed E-state index contributed by atoms with van der Waals surface area (Å²) >= 11 is 0. The molecule has 21 heavy (non-hydrogen) atoms. The van der Waals surface area contributed by atoms with Crippen LogP contribution in [0.15, 0.2) is 12.4 Å². The number of rotatable bonds is 7. The van der Waals surface area contributed by atoms with Crippen molar-refractivity contribution in [3.8, 4) is 0 Å². The number of aryl methyl sites for hydroxylation is 3. The lowest BCUT2D eigenvalue weighted by molar-refractivity contribution is 0.666. The predicted molar refractivity (Wildman–Crippen MR) is 85.3 cm³/mol. The SMILES string of the molecule is CCCNCc1c(C)nn(C)c1N(C)Cc1nccn1C. The van der Waals surface area contributed by atoms with Gasteiger partial charge in [-0.15, -0.1) is 0 Å². The normalized spacial score (nSPS) is 11.1. The van der Waals surface area contributed by atoms with Gasteiger partial charge in [0.1, 0.15) is 11.6 Å². The van der Waals surface area contributed by atoms with Crippen LogP contribution < -0.4 is 10.2 Å². The minimum absolute atomic E-state index is 0.767. The van der Waals surface area contributed by atoms with Gasteiger partial charge in [-0.2, -0.15) is 5.10 Å². The van der Waals surface area contributed by atoms with Gasteiger partial charge in [0.25, 0.3) is 0 Å². The number of aromatic nitrogens is 4. The summed E-state index contributed by atoms with van der Waals surface area (Å²) in [6.07, 6.45) is 4.94. The van der Waals surface area contributed by atoms with Gasteiger partial charge in [-0.3, -0.25) is 4.68 Å². The van der Waals surface area contributed by atoms with E-state index in [1.54, 1.807) is 0 Å². The van der Waals surface area contributed by atoms with Crippen LogP contribution in [0.3, 0.4) is 0 Å². The molecule has 2 rings (SSSR count). The van der Waals surface area contributed by atoms with E-state index in [1.807, 2.05) is 31.2 Å². The van der Waals surface area contributed by atoms with E-state index in [0.29, 0.717) is 0 Å². The molecule has 0 spiro atoms. The number of nitrogens with one attached hydrogen (secondary N) is 1. The molecule has 0 unspecified atom stereocenters. The summed E-state index contributed by atoms with van der Waals surface area (Å²) in [4.78, 5) is 6.61. The van der Waals surface area contributed by atoms with Crippen molar-refractivity contribution in [3.63, 3.8) is 0 Å². The lowest BCUT2D eigenvalue weighted by Gasteiger charge is -2.21. The zero-order chi connectivity index (χ0) is 15.4. The molecule has 0 radical (unpaired) electrons. The monoisotopic (exact) mass is 290 g/mol. The van der Waals surface area contributed by atoms with Gasteiger partial charge in [-0.25, -0.2) is 4.98 Å². The van der Waals surface area contributed by atoms with E-state index in [0.717, 1.165) is 43.4 Å². The van der Waals surface area contributed by atoms with Gasteiger partial charge in [0.2, 0.25) is 0 Å². The topological polar surface area (TPSA) is 50.9 Å². The fraction of sp³-hybridized carbons (Fsp3) is 0.600. The van der Waals surface area contributed by atoms with Crippen LogP contribution in [0.1, 0.15) is 30.4 Å². The first-order chi connectivity index (χ1) is 10.0. The Morgan fingerprint density at radius 2 is 2.10 bits per heavy atom. The number of hydrogen-bond donors (Lipinski definition) is 1. The van der Waals surface area contributed by atoms with E-state index in [2.05, 4.69) is 45.8 Å². The minimum atomic E-state index is 0.767. The average Bonchev–Trinajstić information content (AvgIpc) is 2.94. The van der Waals surface area contributed by atoms with E-state index >= 15 is 0 Å². The first-order valence-electron chi connectivity index (χ1n) is 7.45. The molecule has 0 atom stereocenters. The highest BCUT2D eigenvalue weighted by atomic mass is 15.4. The van der Waals surface area contributed by atoms with E-state index < -0.39 is 0 Å². The van der Waals surface area contributed by atoms with Crippen molar-refractivity contribution in [2.24, 2.45) is 14.1 Å². The average molecular weight is 290 g/mol. The second-order valence-corrected chi connectivity index (χ2v) is 5.50. The third kappa shape index (κ3) is 3.44. The highest BCUT2D eigenvalue weighted by molar-refractivity contribution is 5.49. The molecule has 6 heteroatoms. The Bertz CT molecular complexity index is 583. The molecule has 6 nitrogen and oxygen atoms in total. The summed E-state index contributed by atoms with van der Waals surface area (Å²) in [7, 11) is 6.11. The molecule has 0 saturated carbocycles. The van der Waals surface area contributed by atoms with Crippen LogP contribution in [0.4, 0.5) is 5.82 Å². The van der Waals surface area contributed by atoms with Crippen LogP contribution in [0.25, 0.3) is 0 Å². The highest BCUT2D eigenvalue weighted by Crippen LogP contribution is 2.23. The molecule has 0 amide bonds. The Hall–Kier alpha value is -1.82. The van der Waals surface area contributed by atoms with Gasteiger partial charge >= 0.3 is 0 Å². The van der Waals surface area contributed by atoms with Crippen LogP contribution in [-0.4, -0.2) is 32.9 Å². The first kappa shape index (κ1) is 15.6. The van der Waals surface area contributed by atoms with Crippen LogP contribution in [0.5, 0.6) is 0 Å². The third-order valence-corrected chi connectivity index (χ3v) is 3.70. The molecule has 0 fully saturated rings. The molecule has 2 heterocycles. The fourth-order valence-corrected chi connectivity index (χ4v) is 2.60. The van der Waals surface area contributed by atoms with Crippen LogP contribution in [0, 0.1) is 6.92 Å². The molecule has 0 aliphatic heterocycles. The van der Waals surface area contributed by atoms with Gasteiger partial charge in [0.05, 0.1) is 12.2 Å². The molecule has 1 N–H and O–H groups in total. The van der Waals surface area contributed by atoms with Gasteiger partial charge in [0, 0.05) is 45.6 Å². The summed E-state index contributed by atoms with van der Waals surface area (Å²) in [6.45, 7) is 6.89. The molecule has 0 aromatic carbocycles. The van der Waals surface area contributed by atoms with Gasteiger partial charge in [-0.1, -0.05) is 6.92 Å². The van der Waals surface area contributed by atoms with Gasteiger partial charge in [-0.05, 0) is 19.9 Å². The second-order valence-electron chi connectivity index (χ2n) is 5.50. The Morgan fingerprint density at radius 1 is 1.33 bits per heavy atom. The Balaban J connectivity index is 2.19. The first-order valence-corrected chi connectivity index (χ1v) is 7.45. The van der Waals surface area contributed by atoms with Crippen molar-refractivity contribution < 1.29 is 0 Å². The molecule has 0 aliphatic carbocycles. The quantitative estimate of drug-likeness (QED) is 0.787. The maximum atomic E-state index is 4.57. The second kappa shape index (κ2) is 6.76. The van der Waals surface area contributed by atoms with Crippen LogP contribution in [-0.2, 0) is 27.2 Å². The van der Waals surface area contributed by atoms with E-state index in [9.17, 15) is 0 Å². The van der Waals surface area contributed by atoms with E-state index in [1.165, 1.54) is 5.56 Å². The summed E-state index contributed by atoms with van der Waals surface area (Å²) in [6, 6.07) is 0. The Labute approximate surface area is 126 Å². The van der Waals surface area contributed by atoms with Crippen molar-refractivity contribution in [3.05, 3.63) is 29.5 Å². The number of imidazole rings is 1. The summed E-state index contributed by atoms with van der Waals surface area (Å²) in [5, 5.41) is 8.04. The summed E-state index contributed by atoms with van der Waals surface area (Å²) in [5.41, 5.74) is 2.35. The number of nitrogens with zero attached hydrogens (tertiary/aromatic N) is 5. The zero-order valence-corrected chi connectivity index (χ0v) is 13.7. The Kier molecular flexibility index (Phi) is 5.01. The number of anilines is 1. The van der Waals surface area contributed by atoms with Crippen molar-refractivity contribution in [2.45, 2.75) is 33.4 Å². The van der Waals surface area contributed by atoms with Crippen molar-refractivity contribution in [2.75, 3.05) is 18.5 Å². The highest BCUT2D eigenvalue weighted by Gasteiger charge is 2.17. The predicted octanol–water partition coefficient (Wildman–Crippen LogP) is 1.60. The van der Waals surface area contributed by atoms with Crippen molar-refractivity contribution >= 4 is 5.82 Å². The van der Waals surface area contributed by atoms with E-state index in [-0.39, 0.29) is 0 Å². The summed E-state index contributed by atoms with van der Waals surface area (Å²) < 4.78 is 4.01. The van der Waals surface area contributed by atoms with Crippen LogP contribution >= 0.6 is 0 Å². The minimum Gasteiger partial charge on any atom is -0.352 e. The van der Waals surface area contributed by atoms with Gasteiger partial charge in [0.15, 0.2) is 0 Å². The van der Waals surface area contributed by atoms with Crippen LogP contribution in [0.2, 0.25) is 0 Å². The molecule has 0 bridgehead atoms.